The predicted molar refractivity (Wildman–Crippen MR) is 76.4 cm³/mol. The highest BCUT2D eigenvalue weighted by Crippen LogP contribution is 2.25. The lowest BCUT2D eigenvalue weighted by molar-refractivity contribution is 0.0697. The van der Waals surface area contributed by atoms with Crippen molar-refractivity contribution in [2.75, 3.05) is 11.5 Å². The lowest BCUT2D eigenvalue weighted by Crippen LogP contribution is -2.32. The molecule has 1 unspecified atom stereocenters. The first-order valence-electron chi connectivity index (χ1n) is 6.55. The second-order valence-corrected chi connectivity index (χ2v) is 7.48. The fourth-order valence-corrected chi connectivity index (χ4v) is 4.50. The van der Waals surface area contributed by atoms with Gasteiger partial charge in [-0.3, -0.25) is 4.57 Å². The third kappa shape index (κ3) is 2.46. The van der Waals surface area contributed by atoms with Crippen molar-refractivity contribution in [3.8, 4) is 0 Å². The zero-order valence-corrected chi connectivity index (χ0v) is 11.9. The number of nitrogens with zero attached hydrogens (tertiary/aromatic N) is 1. The molecule has 2 heterocycles. The summed E-state index contributed by atoms with van der Waals surface area (Å²) in [5.74, 6) is -0.977. The number of benzene rings is 1. The third-order valence-corrected chi connectivity index (χ3v) is 5.57. The summed E-state index contributed by atoms with van der Waals surface area (Å²) >= 11 is 0. The van der Waals surface area contributed by atoms with Gasteiger partial charge in [-0.05, 0) is 31.0 Å². The van der Waals surface area contributed by atoms with E-state index >= 15 is 0 Å². The van der Waals surface area contributed by atoms with Gasteiger partial charge in [0.25, 0.3) is 0 Å². The first-order valence-corrected chi connectivity index (χ1v) is 8.37. The molecule has 1 saturated heterocycles. The Balaban J connectivity index is 2.13. The quantitative estimate of drug-likeness (QED) is 0.851. The van der Waals surface area contributed by atoms with Crippen LogP contribution in [0.25, 0.3) is 11.0 Å². The number of imidazole rings is 1. The Labute approximate surface area is 120 Å². The number of fused-ring (bicyclic) bond motifs is 1. The number of rotatable bonds is 2. The topological polar surface area (TPSA) is 109 Å². The maximum Gasteiger partial charge on any atom is 0.335 e. The second kappa shape index (κ2) is 4.73. The van der Waals surface area contributed by atoms with Crippen LogP contribution < -0.4 is 5.69 Å². The lowest BCUT2D eigenvalue weighted by atomic mass is 10.1. The van der Waals surface area contributed by atoms with E-state index < -0.39 is 27.5 Å². The van der Waals surface area contributed by atoms with Gasteiger partial charge < -0.3 is 10.1 Å². The SMILES string of the molecule is O=C(O)c1ccc2c(c1)[nH]c(=O)n2C1CCCS(=O)(=O)C1. The molecule has 1 aromatic carbocycles. The van der Waals surface area contributed by atoms with Gasteiger partial charge in [-0.25, -0.2) is 18.0 Å². The van der Waals surface area contributed by atoms with Crippen LogP contribution in [0, 0.1) is 0 Å². The standard InChI is InChI=1S/C13H14N2O5S/c16-12(17)8-3-4-11-10(6-8)14-13(18)15(11)9-2-1-5-21(19,20)7-9/h3-4,6,9H,1-2,5,7H2,(H,14,18)(H,16,17). The van der Waals surface area contributed by atoms with Crippen LogP contribution in [-0.4, -0.2) is 40.6 Å². The molecule has 2 aromatic rings. The fourth-order valence-electron chi connectivity index (χ4n) is 2.83. The van der Waals surface area contributed by atoms with Gasteiger partial charge in [0.15, 0.2) is 9.84 Å². The van der Waals surface area contributed by atoms with Crippen molar-refractivity contribution in [1.82, 2.24) is 9.55 Å². The monoisotopic (exact) mass is 310 g/mol. The lowest BCUT2D eigenvalue weighted by Gasteiger charge is -2.23. The molecule has 8 heteroatoms. The minimum Gasteiger partial charge on any atom is -0.478 e. The summed E-state index contributed by atoms with van der Waals surface area (Å²) in [6.07, 6.45) is 1.14. The minimum absolute atomic E-state index is 0.0550. The molecule has 21 heavy (non-hydrogen) atoms. The highest BCUT2D eigenvalue weighted by atomic mass is 32.2. The molecule has 1 aromatic heterocycles. The Kier molecular flexibility index (Phi) is 3.12. The molecule has 1 aliphatic heterocycles. The molecule has 0 aliphatic carbocycles. The highest BCUT2D eigenvalue weighted by molar-refractivity contribution is 7.91. The molecule has 0 radical (unpaired) electrons. The number of hydrogen-bond acceptors (Lipinski definition) is 4. The zero-order chi connectivity index (χ0) is 15.2. The Morgan fingerprint density at radius 1 is 1.38 bits per heavy atom. The number of hydrogen-bond donors (Lipinski definition) is 2. The second-order valence-electron chi connectivity index (χ2n) is 5.25. The van der Waals surface area contributed by atoms with Gasteiger partial charge in [0.05, 0.1) is 34.1 Å². The van der Waals surface area contributed by atoms with E-state index in [9.17, 15) is 18.0 Å². The minimum atomic E-state index is -3.13. The highest BCUT2D eigenvalue weighted by Gasteiger charge is 2.28. The summed E-state index contributed by atoms with van der Waals surface area (Å²) in [5.41, 5.74) is 0.608. The Morgan fingerprint density at radius 2 is 2.14 bits per heavy atom. The maximum absolute atomic E-state index is 12.1. The van der Waals surface area contributed by atoms with E-state index in [0.29, 0.717) is 23.9 Å². The van der Waals surface area contributed by atoms with E-state index in [-0.39, 0.29) is 17.1 Å². The molecule has 0 saturated carbocycles. The molecule has 3 rings (SSSR count). The summed E-state index contributed by atoms with van der Waals surface area (Å²) in [6.45, 7) is 0. The van der Waals surface area contributed by atoms with Crippen LogP contribution in [0.2, 0.25) is 0 Å². The molecule has 112 valence electrons. The van der Waals surface area contributed by atoms with Crippen molar-refractivity contribution >= 4 is 26.8 Å². The largest absolute Gasteiger partial charge is 0.478 e. The number of sulfone groups is 1. The summed E-state index contributed by atoms with van der Waals surface area (Å²) in [7, 11) is -3.13. The normalized spacial score (nSPS) is 21.4. The molecular formula is C13H14N2O5S. The number of H-pyrrole nitrogens is 1. The van der Waals surface area contributed by atoms with E-state index in [1.165, 1.54) is 22.8 Å². The number of carboxylic acids is 1. The van der Waals surface area contributed by atoms with E-state index in [2.05, 4.69) is 4.98 Å². The first kappa shape index (κ1) is 13.9. The summed E-state index contributed by atoms with van der Waals surface area (Å²) in [5, 5.41) is 8.96. The molecule has 1 atom stereocenters. The number of aromatic amines is 1. The average molecular weight is 310 g/mol. The predicted octanol–water partition coefficient (Wildman–Crippen LogP) is 0.777. The Morgan fingerprint density at radius 3 is 2.81 bits per heavy atom. The van der Waals surface area contributed by atoms with Crippen LogP contribution in [0.15, 0.2) is 23.0 Å². The van der Waals surface area contributed by atoms with E-state index in [1.807, 2.05) is 0 Å². The Bertz CT molecular complexity index is 878. The van der Waals surface area contributed by atoms with Crippen molar-refractivity contribution in [3.05, 3.63) is 34.2 Å². The number of nitrogens with one attached hydrogen (secondary N) is 1. The van der Waals surface area contributed by atoms with Crippen molar-refractivity contribution < 1.29 is 18.3 Å². The third-order valence-electron chi connectivity index (χ3n) is 3.77. The molecule has 1 fully saturated rings. The van der Waals surface area contributed by atoms with Gasteiger partial charge in [-0.2, -0.15) is 0 Å². The number of carbonyl (C=O) groups is 1. The summed E-state index contributed by atoms with van der Waals surface area (Å²) in [6, 6.07) is 3.93. The van der Waals surface area contributed by atoms with Gasteiger partial charge in [0, 0.05) is 0 Å². The number of aromatic carboxylic acids is 1. The number of carboxylic acid groups (broad SMARTS) is 1. The van der Waals surface area contributed by atoms with Crippen LogP contribution in [-0.2, 0) is 9.84 Å². The molecule has 0 spiro atoms. The molecular weight excluding hydrogens is 296 g/mol. The van der Waals surface area contributed by atoms with Crippen LogP contribution in [0.5, 0.6) is 0 Å². The smallest absolute Gasteiger partial charge is 0.335 e. The molecule has 0 amide bonds. The molecule has 2 N–H and O–H groups in total. The van der Waals surface area contributed by atoms with Crippen LogP contribution in [0.4, 0.5) is 0 Å². The molecule has 1 aliphatic rings. The van der Waals surface area contributed by atoms with Crippen molar-refractivity contribution in [2.24, 2.45) is 0 Å². The van der Waals surface area contributed by atoms with Crippen molar-refractivity contribution in [1.29, 1.82) is 0 Å². The summed E-state index contributed by atoms with van der Waals surface area (Å²) in [4.78, 5) is 25.6. The van der Waals surface area contributed by atoms with Gasteiger partial charge in [0.2, 0.25) is 0 Å². The van der Waals surface area contributed by atoms with Gasteiger partial charge >= 0.3 is 11.7 Å². The molecule has 7 nitrogen and oxygen atoms in total. The van der Waals surface area contributed by atoms with Gasteiger partial charge in [-0.15, -0.1) is 0 Å². The molecule has 0 bridgehead atoms. The zero-order valence-electron chi connectivity index (χ0n) is 11.1. The van der Waals surface area contributed by atoms with Crippen LogP contribution in [0.1, 0.15) is 29.2 Å². The number of aromatic nitrogens is 2. The van der Waals surface area contributed by atoms with Crippen molar-refractivity contribution in [2.45, 2.75) is 18.9 Å². The van der Waals surface area contributed by atoms with E-state index in [1.54, 1.807) is 0 Å². The van der Waals surface area contributed by atoms with E-state index in [0.717, 1.165) is 0 Å². The fraction of sp³-hybridized carbons (Fsp3) is 0.385. The van der Waals surface area contributed by atoms with Crippen LogP contribution in [0.3, 0.4) is 0 Å². The van der Waals surface area contributed by atoms with Gasteiger partial charge in [-0.1, -0.05) is 0 Å². The van der Waals surface area contributed by atoms with Crippen molar-refractivity contribution in [3.63, 3.8) is 0 Å². The summed E-state index contributed by atoms with van der Waals surface area (Å²) < 4.78 is 24.9. The Hall–Kier alpha value is -2.09. The van der Waals surface area contributed by atoms with Crippen LogP contribution >= 0.6 is 0 Å². The first-order chi connectivity index (χ1) is 9.87. The van der Waals surface area contributed by atoms with Gasteiger partial charge in [0.1, 0.15) is 0 Å². The van der Waals surface area contributed by atoms with E-state index in [4.69, 9.17) is 5.11 Å². The maximum atomic E-state index is 12.1. The average Bonchev–Trinajstić information content (AvgIpc) is 2.72.